The second-order valence-corrected chi connectivity index (χ2v) is 8.68. The Morgan fingerprint density at radius 1 is 1.07 bits per heavy atom. The van der Waals surface area contributed by atoms with Gasteiger partial charge < -0.3 is 14.1 Å². The Labute approximate surface area is 172 Å². The molecule has 0 bridgehead atoms. The molecule has 1 aliphatic heterocycles. The Morgan fingerprint density at radius 3 is 2.71 bits per heavy atom. The van der Waals surface area contributed by atoms with Gasteiger partial charge in [-0.05, 0) is 56.6 Å². The molecule has 3 heterocycles. The summed E-state index contributed by atoms with van der Waals surface area (Å²) in [5, 5.41) is 16.0. The summed E-state index contributed by atoms with van der Waals surface area (Å²) >= 11 is 3.03. The molecule has 1 saturated heterocycles. The van der Waals surface area contributed by atoms with Gasteiger partial charge in [-0.1, -0.05) is 29.5 Å². The number of ether oxygens (including phenoxy) is 1. The van der Waals surface area contributed by atoms with Crippen molar-refractivity contribution in [1.29, 1.82) is 0 Å². The highest BCUT2D eigenvalue weighted by atomic mass is 32.2. The van der Waals surface area contributed by atoms with Crippen LogP contribution >= 0.6 is 23.1 Å². The first kappa shape index (κ1) is 19.4. The highest BCUT2D eigenvalue weighted by Gasteiger charge is 2.11. The summed E-state index contributed by atoms with van der Waals surface area (Å²) in [7, 11) is 0. The SMILES string of the molecule is c1nnc(SCc2nnc(-c3ccc(OCCCN4CCCCC4)cc3)o2)s1. The minimum absolute atomic E-state index is 0.518. The number of hydrogen-bond acceptors (Lipinski definition) is 9. The molecule has 0 saturated carbocycles. The minimum atomic E-state index is 0.518. The van der Waals surface area contributed by atoms with Gasteiger partial charge >= 0.3 is 0 Å². The molecular weight excluding hydrogens is 394 g/mol. The Balaban J connectivity index is 1.22. The van der Waals surface area contributed by atoms with Crippen molar-refractivity contribution in [3.63, 3.8) is 0 Å². The summed E-state index contributed by atoms with van der Waals surface area (Å²) in [5.41, 5.74) is 2.60. The molecule has 4 rings (SSSR count). The Kier molecular flexibility index (Phi) is 6.91. The Morgan fingerprint density at radius 2 is 1.93 bits per heavy atom. The smallest absolute Gasteiger partial charge is 0.247 e. The van der Waals surface area contributed by atoms with Gasteiger partial charge in [-0.15, -0.1) is 20.4 Å². The van der Waals surface area contributed by atoms with Gasteiger partial charge in [0.1, 0.15) is 11.3 Å². The molecule has 0 amide bonds. The third kappa shape index (κ3) is 5.52. The predicted molar refractivity (Wildman–Crippen MR) is 110 cm³/mol. The number of rotatable bonds is 9. The molecule has 0 unspecified atom stereocenters. The van der Waals surface area contributed by atoms with Crippen LogP contribution in [0.2, 0.25) is 0 Å². The molecule has 2 aromatic heterocycles. The fraction of sp³-hybridized carbons (Fsp3) is 0.474. The molecule has 0 N–H and O–H groups in total. The molecule has 148 valence electrons. The van der Waals surface area contributed by atoms with Gasteiger partial charge in [0.15, 0.2) is 4.34 Å². The van der Waals surface area contributed by atoms with Crippen LogP contribution in [0.4, 0.5) is 0 Å². The lowest BCUT2D eigenvalue weighted by Crippen LogP contribution is -2.31. The number of piperidine rings is 1. The number of benzene rings is 1. The fourth-order valence-electron chi connectivity index (χ4n) is 3.13. The zero-order valence-corrected chi connectivity index (χ0v) is 17.3. The summed E-state index contributed by atoms with van der Waals surface area (Å²) in [4.78, 5) is 2.53. The fourth-order valence-corrected chi connectivity index (χ4v) is 4.46. The summed E-state index contributed by atoms with van der Waals surface area (Å²) in [5.74, 6) is 2.55. The predicted octanol–water partition coefficient (Wildman–Crippen LogP) is 4.14. The van der Waals surface area contributed by atoms with Crippen molar-refractivity contribution in [3.8, 4) is 17.2 Å². The lowest BCUT2D eigenvalue weighted by molar-refractivity contribution is 0.205. The third-order valence-corrected chi connectivity index (χ3v) is 6.41. The van der Waals surface area contributed by atoms with Gasteiger partial charge in [0.25, 0.3) is 0 Å². The summed E-state index contributed by atoms with van der Waals surface area (Å²) < 4.78 is 12.5. The third-order valence-electron chi connectivity index (χ3n) is 4.56. The van der Waals surface area contributed by atoms with Crippen LogP contribution in [-0.4, -0.2) is 51.5 Å². The zero-order chi connectivity index (χ0) is 19.0. The molecule has 9 heteroatoms. The van der Waals surface area contributed by atoms with Crippen LogP contribution < -0.4 is 4.74 Å². The van der Waals surface area contributed by atoms with Crippen molar-refractivity contribution in [2.24, 2.45) is 0 Å². The molecule has 0 spiro atoms. The first-order valence-corrected chi connectivity index (χ1v) is 11.4. The molecule has 0 aliphatic carbocycles. The van der Waals surface area contributed by atoms with Gasteiger partial charge in [0, 0.05) is 12.1 Å². The van der Waals surface area contributed by atoms with E-state index < -0.39 is 0 Å². The maximum atomic E-state index is 5.86. The number of likely N-dealkylation sites (tertiary alicyclic amines) is 1. The molecule has 1 aliphatic rings. The van der Waals surface area contributed by atoms with Crippen LogP contribution in [-0.2, 0) is 5.75 Å². The Bertz CT molecular complexity index is 832. The van der Waals surface area contributed by atoms with Gasteiger partial charge in [0.05, 0.1) is 12.4 Å². The molecule has 28 heavy (non-hydrogen) atoms. The van der Waals surface area contributed by atoms with Gasteiger partial charge in [-0.2, -0.15) is 0 Å². The normalized spacial score (nSPS) is 15.0. The number of aromatic nitrogens is 4. The second-order valence-electron chi connectivity index (χ2n) is 6.62. The summed E-state index contributed by atoms with van der Waals surface area (Å²) in [6.45, 7) is 4.33. The lowest BCUT2D eigenvalue weighted by atomic mass is 10.1. The van der Waals surface area contributed by atoms with Crippen LogP contribution in [0, 0.1) is 0 Å². The maximum Gasteiger partial charge on any atom is 0.247 e. The van der Waals surface area contributed by atoms with Crippen LogP contribution in [0.3, 0.4) is 0 Å². The first-order valence-electron chi connectivity index (χ1n) is 9.54. The lowest BCUT2D eigenvalue weighted by Gasteiger charge is -2.26. The molecular formula is C19H23N5O2S2. The minimum Gasteiger partial charge on any atom is -0.494 e. The molecule has 0 radical (unpaired) electrons. The van der Waals surface area contributed by atoms with E-state index in [4.69, 9.17) is 9.15 Å². The summed E-state index contributed by atoms with van der Waals surface area (Å²) in [6, 6.07) is 7.82. The van der Waals surface area contributed by atoms with Crippen molar-refractivity contribution in [1.82, 2.24) is 25.3 Å². The van der Waals surface area contributed by atoms with E-state index in [1.807, 2.05) is 24.3 Å². The second kappa shape index (κ2) is 9.99. The van der Waals surface area contributed by atoms with Crippen LogP contribution in [0.5, 0.6) is 5.75 Å². The topological polar surface area (TPSA) is 77.2 Å². The van der Waals surface area contributed by atoms with Gasteiger partial charge in [-0.25, -0.2) is 0 Å². The molecule has 1 aromatic carbocycles. The van der Waals surface area contributed by atoms with E-state index in [0.717, 1.165) is 35.2 Å². The molecule has 7 nitrogen and oxygen atoms in total. The molecule has 1 fully saturated rings. The average Bonchev–Trinajstić information content (AvgIpc) is 3.43. The van der Waals surface area contributed by atoms with Crippen LogP contribution in [0.1, 0.15) is 31.6 Å². The van der Waals surface area contributed by atoms with Crippen molar-refractivity contribution >= 4 is 23.1 Å². The van der Waals surface area contributed by atoms with Crippen molar-refractivity contribution in [2.45, 2.75) is 35.8 Å². The summed E-state index contributed by atoms with van der Waals surface area (Å²) in [6.07, 6.45) is 5.10. The van der Waals surface area contributed by atoms with E-state index in [0.29, 0.717) is 17.5 Å². The van der Waals surface area contributed by atoms with E-state index in [-0.39, 0.29) is 0 Å². The van der Waals surface area contributed by atoms with E-state index in [9.17, 15) is 0 Å². The highest BCUT2D eigenvalue weighted by molar-refractivity contribution is 8.00. The van der Waals surface area contributed by atoms with Crippen molar-refractivity contribution in [3.05, 3.63) is 35.7 Å². The monoisotopic (exact) mass is 417 g/mol. The number of hydrogen-bond donors (Lipinski definition) is 0. The average molecular weight is 418 g/mol. The van der Waals surface area contributed by atoms with Gasteiger partial charge in [0.2, 0.25) is 11.8 Å². The number of nitrogens with zero attached hydrogens (tertiary/aromatic N) is 5. The van der Waals surface area contributed by atoms with E-state index >= 15 is 0 Å². The molecule has 0 atom stereocenters. The largest absolute Gasteiger partial charge is 0.494 e. The van der Waals surface area contributed by atoms with Crippen LogP contribution in [0.15, 0.2) is 38.5 Å². The zero-order valence-electron chi connectivity index (χ0n) is 15.6. The van der Waals surface area contributed by atoms with Gasteiger partial charge in [-0.3, -0.25) is 0 Å². The van der Waals surface area contributed by atoms with Crippen LogP contribution in [0.25, 0.3) is 11.5 Å². The quantitative estimate of drug-likeness (QED) is 0.380. The maximum absolute atomic E-state index is 5.86. The standard InChI is InChI=1S/C19H23N5O2S2/c1-2-9-24(10-3-1)11-4-12-25-16-7-5-15(6-8-16)18-22-21-17(26-18)13-27-19-23-20-14-28-19/h5-8,14H,1-4,9-13H2. The molecule has 3 aromatic rings. The highest BCUT2D eigenvalue weighted by Crippen LogP contribution is 2.26. The van der Waals surface area contributed by atoms with E-state index in [2.05, 4.69) is 25.3 Å². The Hall–Kier alpha value is -1.97. The number of thioether (sulfide) groups is 1. The first-order chi connectivity index (χ1) is 13.9. The van der Waals surface area contributed by atoms with E-state index in [1.165, 1.54) is 55.5 Å². The van der Waals surface area contributed by atoms with Crippen molar-refractivity contribution in [2.75, 3.05) is 26.2 Å². The van der Waals surface area contributed by atoms with Crippen molar-refractivity contribution < 1.29 is 9.15 Å². The van der Waals surface area contributed by atoms with E-state index in [1.54, 1.807) is 5.51 Å².